The molecule has 0 aromatic heterocycles. The molecule has 0 fully saturated rings. The molecule has 0 rings (SSSR count). The van der Waals surface area contributed by atoms with E-state index in [1.54, 1.807) is 22.5 Å². The molecular weight excluding hydrogens is 250 g/mol. The third kappa shape index (κ3) is 7.20. The second-order valence-corrected chi connectivity index (χ2v) is 3.79. The average molecular weight is 268 g/mol. The Hall–Kier alpha value is 1.09. The van der Waals surface area contributed by atoms with Crippen molar-refractivity contribution in [2.75, 3.05) is 0 Å². The van der Waals surface area contributed by atoms with Crippen LogP contribution in [0.1, 0.15) is 39.5 Å². The fraction of sp³-hybridized carbons (Fsp3) is 1.00. The maximum atomic E-state index is 2.31. The quantitative estimate of drug-likeness (QED) is 0.672. The van der Waals surface area contributed by atoms with Crippen molar-refractivity contribution in [2.24, 2.45) is 5.92 Å². The third-order valence-corrected chi connectivity index (χ3v) is 3.48. The molecule has 0 heterocycles. The van der Waals surface area contributed by atoms with E-state index in [2.05, 4.69) is 13.8 Å². The fourth-order valence-corrected chi connectivity index (χ4v) is 2.35. The number of rotatable bonds is 5. The third-order valence-electron chi connectivity index (χ3n) is 1.83. The largest absolute Gasteiger partial charge is 0.147 e. The van der Waals surface area contributed by atoms with Crippen LogP contribution >= 0.6 is 12.4 Å². The van der Waals surface area contributed by atoms with Crippen LogP contribution in [0, 0.1) is 5.92 Å². The Morgan fingerprint density at radius 3 is 2.20 bits per heavy atom. The minimum absolute atomic E-state index is 0. The summed E-state index contributed by atoms with van der Waals surface area (Å²) in [6.07, 6.45) is 5.67. The summed E-state index contributed by atoms with van der Waals surface area (Å²) in [6, 6.07) is 0. The van der Waals surface area contributed by atoms with E-state index in [4.69, 9.17) is 0 Å². The second kappa shape index (κ2) is 10.1. The van der Waals surface area contributed by atoms with Crippen molar-refractivity contribution in [3.8, 4) is 0 Å². The average Bonchev–Trinajstić information content (AvgIpc) is 1.91. The summed E-state index contributed by atoms with van der Waals surface area (Å²) < 4.78 is 1.46. The summed E-state index contributed by atoms with van der Waals surface area (Å²) in [7, 11) is 0. The first-order chi connectivity index (χ1) is 4.35. The van der Waals surface area contributed by atoms with Crippen LogP contribution in [0.4, 0.5) is 0 Å². The van der Waals surface area contributed by atoms with Crippen LogP contribution in [-0.4, -0.2) is 22.5 Å². The van der Waals surface area contributed by atoms with E-state index in [9.17, 15) is 0 Å². The first-order valence-electron chi connectivity index (χ1n) is 3.99. The monoisotopic (exact) mass is 269 g/mol. The summed E-state index contributed by atoms with van der Waals surface area (Å²) in [4.78, 5) is 0. The molecule has 0 saturated carbocycles. The van der Waals surface area contributed by atoms with Crippen molar-refractivity contribution >= 4 is 34.9 Å². The second-order valence-electron chi connectivity index (χ2n) is 2.62. The first kappa shape index (κ1) is 13.7. The smallest absolute Gasteiger partial charge is 0.147 e. The van der Waals surface area contributed by atoms with E-state index in [0.717, 1.165) is 5.92 Å². The van der Waals surface area contributed by atoms with Gasteiger partial charge in [0.05, 0.1) is 0 Å². The summed E-state index contributed by atoms with van der Waals surface area (Å²) >= 11 is 1.71. The number of halogens is 1. The Kier molecular flexibility index (Phi) is 13.8. The van der Waals surface area contributed by atoms with E-state index < -0.39 is 0 Å². The van der Waals surface area contributed by atoms with Crippen LogP contribution < -0.4 is 0 Å². The van der Waals surface area contributed by atoms with Crippen LogP contribution in [0.5, 0.6) is 0 Å². The summed E-state index contributed by atoms with van der Waals surface area (Å²) in [5.74, 6) is 1.04. The summed E-state index contributed by atoms with van der Waals surface area (Å²) in [6.45, 7) is 4.58. The van der Waals surface area contributed by atoms with Crippen molar-refractivity contribution in [1.29, 1.82) is 0 Å². The van der Waals surface area contributed by atoms with Crippen molar-refractivity contribution in [1.82, 2.24) is 0 Å². The van der Waals surface area contributed by atoms with Gasteiger partial charge in [-0.05, 0) is 0 Å². The van der Waals surface area contributed by atoms with Crippen molar-refractivity contribution < 1.29 is 0 Å². The molecule has 1 atom stereocenters. The fourth-order valence-electron chi connectivity index (χ4n) is 0.943. The predicted octanol–water partition coefficient (Wildman–Crippen LogP) is 3.21. The molecule has 3 radical (unpaired) electrons. The standard InChI is InChI=1S/C8H17.ClH.Sn/c1-4-6-7-8(3)5-2;;/h8H,3-7H2,1-2H3;1H;. The van der Waals surface area contributed by atoms with Gasteiger partial charge in [-0.3, -0.25) is 0 Å². The molecule has 0 aliphatic carbocycles. The van der Waals surface area contributed by atoms with E-state index >= 15 is 0 Å². The molecule has 10 heavy (non-hydrogen) atoms. The normalized spacial score (nSPS) is 12.3. The molecule has 0 aromatic rings. The van der Waals surface area contributed by atoms with E-state index in [0.29, 0.717) is 0 Å². The molecule has 0 spiro atoms. The van der Waals surface area contributed by atoms with Gasteiger partial charge in [0.2, 0.25) is 0 Å². The molecule has 0 amide bonds. The van der Waals surface area contributed by atoms with E-state index in [1.165, 1.54) is 30.1 Å². The summed E-state index contributed by atoms with van der Waals surface area (Å²) in [5, 5.41) is 0. The SMILES string of the molecule is CCCCC(CC)[CH2][Sn].Cl. The van der Waals surface area contributed by atoms with Crippen molar-refractivity contribution in [2.45, 2.75) is 44.0 Å². The van der Waals surface area contributed by atoms with Gasteiger partial charge in [0.15, 0.2) is 0 Å². The number of unbranched alkanes of at least 4 members (excludes halogenated alkanes) is 1. The van der Waals surface area contributed by atoms with Gasteiger partial charge in [0, 0.05) is 0 Å². The molecule has 0 N–H and O–H groups in total. The predicted molar refractivity (Wildman–Crippen MR) is 51.1 cm³/mol. The van der Waals surface area contributed by atoms with Crippen LogP contribution in [0.3, 0.4) is 0 Å². The Morgan fingerprint density at radius 1 is 1.30 bits per heavy atom. The molecule has 0 bridgehead atoms. The van der Waals surface area contributed by atoms with Crippen LogP contribution in [0.2, 0.25) is 4.44 Å². The Bertz CT molecular complexity index is 53.2. The molecule has 0 aliphatic rings. The molecule has 0 nitrogen and oxygen atoms in total. The summed E-state index contributed by atoms with van der Waals surface area (Å²) in [5.41, 5.74) is 0. The minimum atomic E-state index is 0. The van der Waals surface area contributed by atoms with Crippen LogP contribution in [-0.2, 0) is 0 Å². The zero-order valence-electron chi connectivity index (χ0n) is 7.02. The number of hydrogen-bond acceptors (Lipinski definition) is 0. The van der Waals surface area contributed by atoms with Crippen molar-refractivity contribution in [3.05, 3.63) is 0 Å². The maximum Gasteiger partial charge on any atom is -0.147 e. The Morgan fingerprint density at radius 2 is 1.90 bits per heavy atom. The maximum absolute atomic E-state index is 2.31. The molecule has 2 heteroatoms. The molecule has 0 aliphatic heterocycles. The molecule has 0 saturated heterocycles. The van der Waals surface area contributed by atoms with Gasteiger partial charge in [-0.25, -0.2) is 0 Å². The van der Waals surface area contributed by atoms with E-state index in [1.807, 2.05) is 0 Å². The Balaban J connectivity index is 0. The van der Waals surface area contributed by atoms with Crippen molar-refractivity contribution in [3.63, 3.8) is 0 Å². The molecule has 61 valence electrons. The van der Waals surface area contributed by atoms with E-state index in [-0.39, 0.29) is 12.4 Å². The van der Waals surface area contributed by atoms with Crippen LogP contribution in [0.15, 0.2) is 0 Å². The minimum Gasteiger partial charge on any atom is -0.147 e. The van der Waals surface area contributed by atoms with Gasteiger partial charge in [-0.1, -0.05) is 0 Å². The molecular formula is C8H18ClSn. The zero-order valence-corrected chi connectivity index (χ0v) is 10.7. The van der Waals surface area contributed by atoms with Gasteiger partial charge >= 0.3 is 72.4 Å². The van der Waals surface area contributed by atoms with Gasteiger partial charge < -0.3 is 0 Å². The first-order valence-corrected chi connectivity index (χ1v) is 6.01. The Labute approximate surface area is 84.7 Å². The van der Waals surface area contributed by atoms with Gasteiger partial charge in [0.1, 0.15) is 0 Å². The molecule has 1 unspecified atom stereocenters. The topological polar surface area (TPSA) is 0 Å². The van der Waals surface area contributed by atoms with Gasteiger partial charge in [-0.2, -0.15) is 0 Å². The van der Waals surface area contributed by atoms with Gasteiger partial charge in [-0.15, -0.1) is 12.4 Å². The molecule has 0 aromatic carbocycles. The van der Waals surface area contributed by atoms with Crippen LogP contribution in [0.25, 0.3) is 0 Å². The van der Waals surface area contributed by atoms with Gasteiger partial charge in [0.25, 0.3) is 0 Å². The number of hydrogen-bond donors (Lipinski definition) is 0. The zero-order chi connectivity index (χ0) is 7.11.